The van der Waals surface area contributed by atoms with Crippen LogP contribution in [0.2, 0.25) is 0 Å². The van der Waals surface area contributed by atoms with E-state index in [1.807, 2.05) is 26.0 Å². The highest BCUT2D eigenvalue weighted by atomic mass is 16.1. The van der Waals surface area contributed by atoms with Crippen molar-refractivity contribution in [2.75, 3.05) is 0 Å². The van der Waals surface area contributed by atoms with Crippen LogP contribution in [0.25, 0.3) is 10.9 Å². The predicted molar refractivity (Wildman–Crippen MR) is 87.6 cm³/mol. The van der Waals surface area contributed by atoms with Gasteiger partial charge in [-0.15, -0.1) is 0 Å². The van der Waals surface area contributed by atoms with E-state index in [4.69, 9.17) is 0 Å². The number of Topliss-reactive ketones (excluding diaryl/α,β-unsaturated/α-hetero) is 1. The second-order valence-corrected chi connectivity index (χ2v) is 4.85. The van der Waals surface area contributed by atoms with Gasteiger partial charge in [0.15, 0.2) is 5.78 Å². The van der Waals surface area contributed by atoms with Crippen LogP contribution in [0.3, 0.4) is 0 Å². The van der Waals surface area contributed by atoms with Gasteiger partial charge >= 0.3 is 0 Å². The minimum Gasteiger partial charge on any atom is -0.347 e. The SMILES string of the molecule is CC.CCCc1cn(CCC)c2cccc(C(C)=O)c12. The van der Waals surface area contributed by atoms with Crippen molar-refractivity contribution in [3.63, 3.8) is 0 Å². The molecule has 2 nitrogen and oxygen atoms in total. The maximum Gasteiger partial charge on any atom is 0.160 e. The van der Waals surface area contributed by atoms with Crippen LogP contribution in [0.4, 0.5) is 0 Å². The van der Waals surface area contributed by atoms with E-state index in [0.29, 0.717) is 0 Å². The molecule has 0 saturated carbocycles. The summed E-state index contributed by atoms with van der Waals surface area (Å²) in [7, 11) is 0. The molecule has 0 spiro atoms. The number of fused-ring (bicyclic) bond motifs is 1. The predicted octanol–water partition coefficient (Wildman–Crippen LogP) is 5.23. The molecule has 0 fully saturated rings. The lowest BCUT2D eigenvalue weighted by Crippen LogP contribution is -1.96. The molecule has 20 heavy (non-hydrogen) atoms. The zero-order valence-electron chi connectivity index (χ0n) is 13.5. The number of aromatic nitrogens is 1. The summed E-state index contributed by atoms with van der Waals surface area (Å²) < 4.78 is 2.28. The third kappa shape index (κ3) is 3.30. The molecule has 0 aliphatic heterocycles. The molecule has 110 valence electrons. The van der Waals surface area contributed by atoms with E-state index in [2.05, 4.69) is 30.7 Å². The lowest BCUT2D eigenvalue weighted by atomic mass is 10.0. The van der Waals surface area contributed by atoms with E-state index in [1.165, 1.54) is 16.5 Å². The van der Waals surface area contributed by atoms with E-state index in [1.54, 1.807) is 6.92 Å². The van der Waals surface area contributed by atoms with Crippen molar-refractivity contribution in [3.8, 4) is 0 Å². The maximum absolute atomic E-state index is 11.8. The fourth-order valence-electron chi connectivity index (χ4n) is 2.62. The molecule has 0 bridgehead atoms. The van der Waals surface area contributed by atoms with Gasteiger partial charge in [-0.05, 0) is 31.4 Å². The normalized spacial score (nSPS) is 10.2. The molecule has 0 unspecified atom stereocenters. The average molecular weight is 273 g/mol. The smallest absolute Gasteiger partial charge is 0.160 e. The Hall–Kier alpha value is -1.57. The Morgan fingerprint density at radius 3 is 2.40 bits per heavy atom. The summed E-state index contributed by atoms with van der Waals surface area (Å²) in [5.74, 6) is 0.159. The monoisotopic (exact) mass is 273 g/mol. The summed E-state index contributed by atoms with van der Waals surface area (Å²) in [6.45, 7) is 11.0. The summed E-state index contributed by atoms with van der Waals surface area (Å²) >= 11 is 0. The molecule has 2 heteroatoms. The van der Waals surface area contributed by atoms with Gasteiger partial charge in [0, 0.05) is 29.2 Å². The van der Waals surface area contributed by atoms with Gasteiger partial charge in [-0.25, -0.2) is 0 Å². The summed E-state index contributed by atoms with van der Waals surface area (Å²) in [4.78, 5) is 11.8. The Bertz CT molecular complexity index is 566. The van der Waals surface area contributed by atoms with Gasteiger partial charge in [0.25, 0.3) is 0 Å². The highest BCUT2D eigenvalue weighted by Crippen LogP contribution is 2.27. The Morgan fingerprint density at radius 2 is 1.85 bits per heavy atom. The van der Waals surface area contributed by atoms with E-state index in [9.17, 15) is 4.79 Å². The van der Waals surface area contributed by atoms with Crippen molar-refractivity contribution >= 4 is 16.7 Å². The Balaban J connectivity index is 0.000000956. The maximum atomic E-state index is 11.8. The van der Waals surface area contributed by atoms with E-state index >= 15 is 0 Å². The molecule has 0 aliphatic carbocycles. The number of carbonyl (C=O) groups excluding carboxylic acids is 1. The van der Waals surface area contributed by atoms with Crippen LogP contribution in [0.5, 0.6) is 0 Å². The fraction of sp³-hybridized carbons (Fsp3) is 0.500. The van der Waals surface area contributed by atoms with Crippen LogP contribution in [-0.4, -0.2) is 10.4 Å². The molecule has 0 radical (unpaired) electrons. The number of ketones is 1. The Kier molecular flexibility index (Phi) is 6.50. The first-order valence-electron chi connectivity index (χ1n) is 7.80. The first kappa shape index (κ1) is 16.5. The second-order valence-electron chi connectivity index (χ2n) is 4.85. The zero-order valence-corrected chi connectivity index (χ0v) is 13.5. The second kappa shape index (κ2) is 7.88. The van der Waals surface area contributed by atoms with Crippen LogP contribution in [0.15, 0.2) is 24.4 Å². The number of carbonyl (C=O) groups is 1. The standard InChI is InChI=1S/C16H21NO.C2H6/c1-4-7-13-11-17(10-5-2)15-9-6-8-14(12(3)18)16(13)15;1-2/h6,8-9,11H,4-5,7,10H2,1-3H3;1-2H3. The largest absolute Gasteiger partial charge is 0.347 e. The Morgan fingerprint density at radius 1 is 1.15 bits per heavy atom. The lowest BCUT2D eigenvalue weighted by molar-refractivity contribution is 0.101. The van der Waals surface area contributed by atoms with Gasteiger partial charge in [-0.3, -0.25) is 4.79 Å². The fourth-order valence-corrected chi connectivity index (χ4v) is 2.62. The summed E-state index contributed by atoms with van der Waals surface area (Å²) in [6.07, 6.45) is 5.48. The van der Waals surface area contributed by atoms with Crippen LogP contribution in [0, 0.1) is 0 Å². The number of aryl methyl sites for hydroxylation is 2. The number of hydrogen-bond donors (Lipinski definition) is 0. The highest BCUT2D eigenvalue weighted by Gasteiger charge is 2.13. The molecular formula is C18H27NO. The Labute approximate surface area is 122 Å². The average Bonchev–Trinajstić information content (AvgIpc) is 2.80. The molecule has 1 aromatic heterocycles. The van der Waals surface area contributed by atoms with Crippen molar-refractivity contribution in [2.24, 2.45) is 0 Å². The molecular weight excluding hydrogens is 246 g/mol. The van der Waals surface area contributed by atoms with Crippen molar-refractivity contribution in [2.45, 2.75) is 60.4 Å². The van der Waals surface area contributed by atoms with E-state index < -0.39 is 0 Å². The summed E-state index contributed by atoms with van der Waals surface area (Å²) in [6, 6.07) is 6.05. The first-order valence-corrected chi connectivity index (χ1v) is 7.80. The lowest BCUT2D eigenvalue weighted by Gasteiger charge is -2.04. The van der Waals surface area contributed by atoms with Gasteiger partial charge in [0.05, 0.1) is 0 Å². The van der Waals surface area contributed by atoms with Gasteiger partial charge in [-0.1, -0.05) is 46.2 Å². The molecule has 0 amide bonds. The van der Waals surface area contributed by atoms with Crippen molar-refractivity contribution in [1.29, 1.82) is 0 Å². The minimum atomic E-state index is 0.159. The van der Waals surface area contributed by atoms with Crippen LogP contribution in [-0.2, 0) is 13.0 Å². The van der Waals surface area contributed by atoms with Gasteiger partial charge < -0.3 is 4.57 Å². The zero-order chi connectivity index (χ0) is 15.1. The third-order valence-corrected chi connectivity index (χ3v) is 3.35. The molecule has 1 heterocycles. The van der Waals surface area contributed by atoms with Crippen molar-refractivity contribution < 1.29 is 4.79 Å². The molecule has 2 rings (SSSR count). The van der Waals surface area contributed by atoms with Crippen LogP contribution < -0.4 is 0 Å². The number of benzene rings is 1. The van der Waals surface area contributed by atoms with E-state index in [0.717, 1.165) is 31.4 Å². The summed E-state index contributed by atoms with van der Waals surface area (Å²) in [5.41, 5.74) is 3.38. The van der Waals surface area contributed by atoms with Gasteiger partial charge in [0.1, 0.15) is 0 Å². The third-order valence-electron chi connectivity index (χ3n) is 3.35. The van der Waals surface area contributed by atoms with Crippen LogP contribution >= 0.6 is 0 Å². The minimum absolute atomic E-state index is 0.159. The van der Waals surface area contributed by atoms with Crippen molar-refractivity contribution in [3.05, 3.63) is 35.5 Å². The molecule has 0 saturated heterocycles. The first-order chi connectivity index (χ1) is 9.69. The van der Waals surface area contributed by atoms with Gasteiger partial charge in [-0.2, -0.15) is 0 Å². The van der Waals surface area contributed by atoms with Crippen molar-refractivity contribution in [1.82, 2.24) is 4.57 Å². The summed E-state index contributed by atoms with van der Waals surface area (Å²) in [5, 5.41) is 1.17. The number of nitrogens with zero attached hydrogens (tertiary/aromatic N) is 1. The molecule has 0 aliphatic rings. The molecule has 0 atom stereocenters. The molecule has 0 N–H and O–H groups in total. The van der Waals surface area contributed by atoms with Crippen LogP contribution in [0.1, 0.15) is 63.4 Å². The quantitative estimate of drug-likeness (QED) is 0.683. The topological polar surface area (TPSA) is 22.0 Å². The molecule has 2 aromatic rings. The molecule has 1 aromatic carbocycles. The van der Waals surface area contributed by atoms with E-state index in [-0.39, 0.29) is 5.78 Å². The number of rotatable bonds is 5. The number of hydrogen-bond acceptors (Lipinski definition) is 1. The van der Waals surface area contributed by atoms with Gasteiger partial charge in [0.2, 0.25) is 0 Å². The highest BCUT2D eigenvalue weighted by molar-refractivity contribution is 6.07.